The molecule has 0 radical (unpaired) electrons. The fraction of sp³-hybridized carbons (Fsp3) is 0.333. The lowest BCUT2D eigenvalue weighted by atomic mass is 10.00. The molecule has 1 amide bonds. The molecule has 1 unspecified atom stereocenters. The number of carbonyl (C=O) groups is 1. The fourth-order valence-corrected chi connectivity index (χ4v) is 1.90. The van der Waals surface area contributed by atoms with E-state index in [1.807, 2.05) is 0 Å². The van der Waals surface area contributed by atoms with Crippen molar-refractivity contribution in [2.75, 3.05) is 6.54 Å². The summed E-state index contributed by atoms with van der Waals surface area (Å²) >= 11 is 3.22. The number of nitrogens with one attached hydrogen (secondary N) is 1. The largest absolute Gasteiger partial charge is 0.355 e. The summed E-state index contributed by atoms with van der Waals surface area (Å²) in [6.45, 7) is 0.494. The first-order valence-electron chi connectivity index (χ1n) is 4.24. The van der Waals surface area contributed by atoms with Gasteiger partial charge < -0.3 is 5.32 Å². The van der Waals surface area contributed by atoms with Crippen molar-refractivity contribution in [1.82, 2.24) is 10.3 Å². The molecule has 0 bridgehead atoms. The summed E-state index contributed by atoms with van der Waals surface area (Å²) in [5.74, 6) is -0.614. The second-order valence-corrected chi connectivity index (χ2v) is 4.15. The molecule has 1 fully saturated rings. The van der Waals surface area contributed by atoms with E-state index in [-0.39, 0.29) is 11.8 Å². The maximum absolute atomic E-state index is 13.3. The van der Waals surface area contributed by atoms with E-state index in [0.29, 0.717) is 18.5 Å². The highest BCUT2D eigenvalue weighted by atomic mass is 79.9. The monoisotopic (exact) mass is 258 g/mol. The number of hydrogen-bond acceptors (Lipinski definition) is 2. The number of hydrogen-bond donors (Lipinski definition) is 1. The van der Waals surface area contributed by atoms with Crippen LogP contribution in [0.4, 0.5) is 4.39 Å². The van der Waals surface area contributed by atoms with E-state index in [4.69, 9.17) is 0 Å². The van der Waals surface area contributed by atoms with Crippen LogP contribution in [0.15, 0.2) is 16.7 Å². The van der Waals surface area contributed by atoms with Crippen LogP contribution in [0.2, 0.25) is 0 Å². The van der Waals surface area contributed by atoms with Crippen LogP contribution in [-0.4, -0.2) is 17.4 Å². The van der Waals surface area contributed by atoms with E-state index >= 15 is 0 Å². The minimum Gasteiger partial charge on any atom is -0.355 e. The predicted octanol–water partition coefficient (Wildman–Crippen LogP) is 1.59. The van der Waals surface area contributed by atoms with Crippen molar-refractivity contribution >= 4 is 21.8 Å². The van der Waals surface area contributed by atoms with Crippen LogP contribution in [0.1, 0.15) is 17.9 Å². The van der Waals surface area contributed by atoms with Gasteiger partial charge in [-0.3, -0.25) is 4.79 Å². The zero-order valence-corrected chi connectivity index (χ0v) is 8.84. The van der Waals surface area contributed by atoms with Crippen molar-refractivity contribution in [2.24, 2.45) is 0 Å². The van der Waals surface area contributed by atoms with Crippen LogP contribution in [0.5, 0.6) is 0 Å². The van der Waals surface area contributed by atoms with Crippen molar-refractivity contribution in [3.8, 4) is 0 Å². The zero-order valence-electron chi connectivity index (χ0n) is 7.26. The van der Waals surface area contributed by atoms with Crippen molar-refractivity contribution < 1.29 is 9.18 Å². The normalized spacial score (nSPS) is 21.0. The molecule has 0 spiro atoms. The minimum atomic E-state index is -0.491. The van der Waals surface area contributed by atoms with Gasteiger partial charge in [0.2, 0.25) is 11.9 Å². The highest BCUT2D eigenvalue weighted by molar-refractivity contribution is 9.10. The van der Waals surface area contributed by atoms with Gasteiger partial charge in [0.25, 0.3) is 0 Å². The van der Waals surface area contributed by atoms with Gasteiger partial charge in [0.1, 0.15) is 0 Å². The van der Waals surface area contributed by atoms with Crippen LogP contribution in [0.3, 0.4) is 0 Å². The third kappa shape index (κ3) is 1.77. The highest BCUT2D eigenvalue weighted by Crippen LogP contribution is 2.26. The molecule has 1 N–H and O–H groups in total. The van der Waals surface area contributed by atoms with E-state index in [9.17, 15) is 9.18 Å². The Morgan fingerprint density at radius 3 is 3.07 bits per heavy atom. The van der Waals surface area contributed by atoms with Gasteiger partial charge in [-0.2, -0.15) is 4.39 Å². The van der Waals surface area contributed by atoms with E-state index in [1.54, 1.807) is 6.07 Å². The summed E-state index contributed by atoms with van der Waals surface area (Å²) in [7, 11) is 0. The lowest BCUT2D eigenvalue weighted by molar-refractivity contribution is -0.119. The molecule has 0 aromatic carbocycles. The Bertz CT molecular complexity index is 383. The van der Waals surface area contributed by atoms with Crippen LogP contribution >= 0.6 is 15.9 Å². The molecule has 1 saturated heterocycles. The molecule has 74 valence electrons. The zero-order chi connectivity index (χ0) is 10.1. The maximum Gasteiger partial charge on any atom is 0.220 e. The fourth-order valence-electron chi connectivity index (χ4n) is 1.55. The summed E-state index contributed by atoms with van der Waals surface area (Å²) in [6, 6.07) is 1.67. The Morgan fingerprint density at radius 2 is 2.43 bits per heavy atom. The SMILES string of the molecule is O=C1CC(c2cc(Br)cnc2F)CN1. The summed E-state index contributed by atoms with van der Waals surface area (Å²) in [4.78, 5) is 14.6. The van der Waals surface area contributed by atoms with E-state index in [1.165, 1.54) is 6.20 Å². The summed E-state index contributed by atoms with van der Waals surface area (Å²) in [5, 5.41) is 2.67. The number of pyridine rings is 1. The van der Waals surface area contributed by atoms with Gasteiger partial charge in [0, 0.05) is 35.1 Å². The Morgan fingerprint density at radius 1 is 1.64 bits per heavy atom. The molecular weight excluding hydrogens is 251 g/mol. The predicted molar refractivity (Wildman–Crippen MR) is 52.3 cm³/mol. The van der Waals surface area contributed by atoms with Crippen LogP contribution in [0.25, 0.3) is 0 Å². The second-order valence-electron chi connectivity index (χ2n) is 3.24. The highest BCUT2D eigenvalue weighted by Gasteiger charge is 2.25. The third-order valence-corrected chi connectivity index (χ3v) is 2.68. The second kappa shape index (κ2) is 3.65. The number of nitrogens with zero attached hydrogens (tertiary/aromatic N) is 1. The number of rotatable bonds is 1. The van der Waals surface area contributed by atoms with E-state index in [0.717, 1.165) is 4.47 Å². The molecule has 2 rings (SSSR count). The lowest BCUT2D eigenvalue weighted by Crippen LogP contribution is -2.13. The molecular formula is C9H8BrFN2O. The van der Waals surface area contributed by atoms with Gasteiger partial charge >= 0.3 is 0 Å². The quantitative estimate of drug-likeness (QED) is 0.778. The summed E-state index contributed by atoms with van der Waals surface area (Å²) < 4.78 is 14.0. The van der Waals surface area contributed by atoms with Crippen molar-refractivity contribution in [1.29, 1.82) is 0 Å². The lowest BCUT2D eigenvalue weighted by Gasteiger charge is -2.08. The molecule has 3 nitrogen and oxygen atoms in total. The first kappa shape index (κ1) is 9.58. The molecule has 5 heteroatoms. The van der Waals surface area contributed by atoms with Gasteiger partial charge in [-0.05, 0) is 22.0 Å². The van der Waals surface area contributed by atoms with Gasteiger partial charge in [0.05, 0.1) is 0 Å². The topological polar surface area (TPSA) is 42.0 Å². The van der Waals surface area contributed by atoms with Crippen molar-refractivity contribution in [3.63, 3.8) is 0 Å². The molecule has 1 atom stereocenters. The number of carbonyl (C=O) groups excluding carboxylic acids is 1. The van der Waals surface area contributed by atoms with Crippen molar-refractivity contribution in [3.05, 3.63) is 28.2 Å². The molecule has 1 aliphatic rings. The van der Waals surface area contributed by atoms with E-state index < -0.39 is 5.95 Å². The van der Waals surface area contributed by atoms with Gasteiger partial charge in [-0.15, -0.1) is 0 Å². The third-order valence-electron chi connectivity index (χ3n) is 2.25. The molecule has 14 heavy (non-hydrogen) atoms. The number of aromatic nitrogens is 1. The number of amides is 1. The Labute approximate surface area is 88.8 Å². The molecule has 0 aliphatic carbocycles. The van der Waals surface area contributed by atoms with Gasteiger partial charge in [-0.25, -0.2) is 4.98 Å². The molecule has 0 saturated carbocycles. The van der Waals surface area contributed by atoms with Gasteiger partial charge in [0.15, 0.2) is 0 Å². The molecule has 1 aromatic rings. The summed E-state index contributed by atoms with van der Waals surface area (Å²) in [5.41, 5.74) is 0.498. The maximum atomic E-state index is 13.3. The molecule has 1 aliphatic heterocycles. The first-order chi connectivity index (χ1) is 6.66. The number of halogens is 2. The molecule has 2 heterocycles. The Balaban J connectivity index is 2.31. The van der Waals surface area contributed by atoms with Gasteiger partial charge in [-0.1, -0.05) is 0 Å². The molecule has 1 aromatic heterocycles. The average Bonchev–Trinajstić information content (AvgIpc) is 2.56. The standard InChI is InChI=1S/C9H8BrFN2O/c10-6-2-7(9(11)13-4-6)5-1-8(14)12-3-5/h2,4-5H,1,3H2,(H,12,14). The van der Waals surface area contributed by atoms with Crippen LogP contribution in [-0.2, 0) is 4.79 Å². The van der Waals surface area contributed by atoms with Crippen LogP contribution in [0, 0.1) is 5.95 Å². The Kier molecular flexibility index (Phi) is 2.50. The van der Waals surface area contributed by atoms with Crippen LogP contribution < -0.4 is 5.32 Å². The summed E-state index contributed by atoms with van der Waals surface area (Å²) in [6.07, 6.45) is 1.75. The average molecular weight is 259 g/mol. The van der Waals surface area contributed by atoms with Crippen molar-refractivity contribution in [2.45, 2.75) is 12.3 Å². The first-order valence-corrected chi connectivity index (χ1v) is 5.04. The van der Waals surface area contributed by atoms with E-state index in [2.05, 4.69) is 26.2 Å². The smallest absolute Gasteiger partial charge is 0.220 e. The Hall–Kier alpha value is -0.970. The minimum absolute atomic E-state index is 0.0330.